The maximum absolute atomic E-state index is 11.9. The van der Waals surface area contributed by atoms with Gasteiger partial charge < -0.3 is 4.74 Å². The molecule has 1 saturated heterocycles. The molecule has 0 aliphatic carbocycles. The predicted molar refractivity (Wildman–Crippen MR) is 75.1 cm³/mol. The number of ketones is 1. The summed E-state index contributed by atoms with van der Waals surface area (Å²) >= 11 is 1.66. The lowest BCUT2D eigenvalue weighted by Crippen LogP contribution is -2.19. The first-order valence-electron chi connectivity index (χ1n) is 6.53. The number of ether oxygens (including phenoxy) is 1. The third kappa shape index (κ3) is 4.14. The van der Waals surface area contributed by atoms with Crippen molar-refractivity contribution in [1.29, 1.82) is 0 Å². The van der Waals surface area contributed by atoms with Crippen molar-refractivity contribution >= 4 is 17.5 Å². The fraction of sp³-hybridized carbons (Fsp3) is 0.533. The van der Waals surface area contributed by atoms with Gasteiger partial charge in [0, 0.05) is 24.5 Å². The molecule has 18 heavy (non-hydrogen) atoms. The third-order valence-electron chi connectivity index (χ3n) is 3.34. The van der Waals surface area contributed by atoms with Gasteiger partial charge in [0.15, 0.2) is 0 Å². The molecule has 1 heterocycles. The van der Waals surface area contributed by atoms with Crippen molar-refractivity contribution in [2.24, 2.45) is 5.92 Å². The second-order valence-corrected chi connectivity index (χ2v) is 5.87. The van der Waals surface area contributed by atoms with Gasteiger partial charge in [-0.25, -0.2) is 0 Å². The highest BCUT2D eigenvalue weighted by molar-refractivity contribution is 8.00. The summed E-state index contributed by atoms with van der Waals surface area (Å²) in [5, 5.41) is 0. The van der Waals surface area contributed by atoms with E-state index in [0.29, 0.717) is 17.5 Å². The van der Waals surface area contributed by atoms with Crippen molar-refractivity contribution in [3.05, 3.63) is 29.8 Å². The highest BCUT2D eigenvalue weighted by Gasteiger charge is 2.17. The number of rotatable bonds is 5. The van der Waals surface area contributed by atoms with Crippen LogP contribution in [0.15, 0.2) is 29.2 Å². The normalized spacial score (nSPS) is 16.7. The third-order valence-corrected chi connectivity index (χ3v) is 4.57. The minimum atomic E-state index is 0.371. The number of benzene rings is 1. The van der Waals surface area contributed by atoms with Crippen LogP contribution in [0, 0.1) is 12.8 Å². The van der Waals surface area contributed by atoms with Gasteiger partial charge in [-0.3, -0.25) is 4.79 Å². The molecule has 1 aliphatic heterocycles. The van der Waals surface area contributed by atoms with E-state index in [4.69, 9.17) is 4.74 Å². The average Bonchev–Trinajstić information content (AvgIpc) is 2.39. The largest absolute Gasteiger partial charge is 0.381 e. The van der Waals surface area contributed by atoms with E-state index in [9.17, 15) is 4.79 Å². The Hall–Kier alpha value is -0.800. The van der Waals surface area contributed by atoms with E-state index in [0.717, 1.165) is 32.5 Å². The Morgan fingerprint density at radius 1 is 1.33 bits per heavy atom. The van der Waals surface area contributed by atoms with E-state index >= 15 is 0 Å². The van der Waals surface area contributed by atoms with E-state index in [1.807, 2.05) is 12.1 Å². The highest BCUT2D eigenvalue weighted by Crippen LogP contribution is 2.24. The van der Waals surface area contributed by atoms with E-state index < -0.39 is 0 Å². The first-order chi connectivity index (χ1) is 8.75. The molecule has 0 unspecified atom stereocenters. The van der Waals surface area contributed by atoms with Gasteiger partial charge in [0.2, 0.25) is 0 Å². The molecule has 0 bridgehead atoms. The van der Waals surface area contributed by atoms with Gasteiger partial charge in [0.1, 0.15) is 5.78 Å². The van der Waals surface area contributed by atoms with Crippen molar-refractivity contribution in [2.75, 3.05) is 19.0 Å². The number of carbonyl (C=O) groups excluding carboxylic acids is 1. The summed E-state index contributed by atoms with van der Waals surface area (Å²) in [4.78, 5) is 13.2. The molecule has 98 valence electrons. The summed E-state index contributed by atoms with van der Waals surface area (Å²) in [6.07, 6.45) is 2.81. The first kappa shape index (κ1) is 13.6. The number of hydrogen-bond donors (Lipinski definition) is 0. The molecular weight excluding hydrogens is 244 g/mol. The molecule has 1 fully saturated rings. The molecule has 2 nitrogen and oxygen atoms in total. The number of Topliss-reactive ketones (excluding diaryl/α,β-unsaturated/α-hetero) is 1. The number of aryl methyl sites for hydroxylation is 1. The van der Waals surface area contributed by atoms with Gasteiger partial charge in [-0.1, -0.05) is 18.2 Å². The molecule has 0 aromatic heterocycles. The number of carbonyl (C=O) groups is 1. The maximum atomic E-state index is 11.9. The van der Waals surface area contributed by atoms with Crippen LogP contribution in [0.3, 0.4) is 0 Å². The second kappa shape index (κ2) is 6.95. The van der Waals surface area contributed by atoms with Crippen LogP contribution in [0.1, 0.15) is 24.8 Å². The molecule has 1 aliphatic rings. The smallest absolute Gasteiger partial charge is 0.143 e. The van der Waals surface area contributed by atoms with E-state index in [2.05, 4.69) is 19.1 Å². The minimum Gasteiger partial charge on any atom is -0.381 e. The molecule has 3 heteroatoms. The second-order valence-electron chi connectivity index (χ2n) is 4.85. The fourth-order valence-corrected chi connectivity index (χ4v) is 3.11. The molecule has 2 rings (SSSR count). The summed E-state index contributed by atoms with van der Waals surface area (Å²) in [5.41, 5.74) is 1.25. The Bertz CT molecular complexity index is 397. The summed E-state index contributed by atoms with van der Waals surface area (Å²) in [6, 6.07) is 8.23. The van der Waals surface area contributed by atoms with Gasteiger partial charge in [-0.15, -0.1) is 11.8 Å². The van der Waals surface area contributed by atoms with Crippen LogP contribution in [0.25, 0.3) is 0 Å². The van der Waals surface area contributed by atoms with Crippen LogP contribution in [0.2, 0.25) is 0 Å². The zero-order chi connectivity index (χ0) is 12.8. The topological polar surface area (TPSA) is 26.3 Å². The highest BCUT2D eigenvalue weighted by atomic mass is 32.2. The zero-order valence-electron chi connectivity index (χ0n) is 10.9. The van der Waals surface area contributed by atoms with Crippen LogP contribution < -0.4 is 0 Å². The van der Waals surface area contributed by atoms with Crippen molar-refractivity contribution in [3.8, 4) is 0 Å². The Morgan fingerprint density at radius 2 is 2.06 bits per heavy atom. The van der Waals surface area contributed by atoms with Crippen molar-refractivity contribution in [1.82, 2.24) is 0 Å². The van der Waals surface area contributed by atoms with Gasteiger partial charge in [-0.05, 0) is 37.3 Å². The Morgan fingerprint density at radius 3 is 2.78 bits per heavy atom. The van der Waals surface area contributed by atoms with E-state index in [-0.39, 0.29) is 0 Å². The summed E-state index contributed by atoms with van der Waals surface area (Å²) in [5.74, 6) is 1.52. The van der Waals surface area contributed by atoms with Gasteiger partial charge >= 0.3 is 0 Å². The van der Waals surface area contributed by atoms with E-state index in [1.165, 1.54) is 10.5 Å². The molecule has 0 atom stereocenters. The molecule has 0 N–H and O–H groups in total. The number of hydrogen-bond acceptors (Lipinski definition) is 3. The maximum Gasteiger partial charge on any atom is 0.143 e. The quantitative estimate of drug-likeness (QED) is 0.762. The van der Waals surface area contributed by atoms with Crippen LogP contribution in [-0.4, -0.2) is 24.7 Å². The van der Waals surface area contributed by atoms with Crippen molar-refractivity contribution in [3.63, 3.8) is 0 Å². The summed E-state index contributed by atoms with van der Waals surface area (Å²) < 4.78 is 5.31. The monoisotopic (exact) mass is 264 g/mol. The predicted octanol–water partition coefficient (Wildman–Crippen LogP) is 3.47. The van der Waals surface area contributed by atoms with Crippen LogP contribution in [-0.2, 0) is 9.53 Å². The Kier molecular flexibility index (Phi) is 5.26. The van der Waals surface area contributed by atoms with Crippen LogP contribution >= 0.6 is 11.8 Å². The lowest BCUT2D eigenvalue weighted by molar-refractivity contribution is -0.118. The molecular formula is C15H20O2S. The minimum absolute atomic E-state index is 0.371. The standard InChI is InChI=1S/C15H20O2S/c1-12-4-2-3-5-15(12)18-11-14(16)10-13-6-8-17-9-7-13/h2-5,13H,6-11H2,1H3. The van der Waals surface area contributed by atoms with Crippen LogP contribution in [0.5, 0.6) is 0 Å². The molecule has 0 spiro atoms. The summed E-state index contributed by atoms with van der Waals surface area (Å²) in [6.45, 7) is 3.73. The number of thioether (sulfide) groups is 1. The van der Waals surface area contributed by atoms with Gasteiger partial charge in [0.25, 0.3) is 0 Å². The SMILES string of the molecule is Cc1ccccc1SCC(=O)CC1CCOCC1. The van der Waals surface area contributed by atoms with Gasteiger partial charge in [0.05, 0.1) is 5.75 Å². The van der Waals surface area contributed by atoms with Crippen LogP contribution in [0.4, 0.5) is 0 Å². The molecule has 0 radical (unpaired) electrons. The van der Waals surface area contributed by atoms with Crippen molar-refractivity contribution < 1.29 is 9.53 Å². The molecule has 0 amide bonds. The fourth-order valence-electron chi connectivity index (χ4n) is 2.21. The van der Waals surface area contributed by atoms with E-state index in [1.54, 1.807) is 11.8 Å². The first-order valence-corrected chi connectivity index (χ1v) is 7.52. The Balaban J connectivity index is 1.76. The molecule has 0 saturated carbocycles. The molecule has 1 aromatic rings. The molecule has 1 aromatic carbocycles. The zero-order valence-corrected chi connectivity index (χ0v) is 11.7. The Labute approximate surface area is 113 Å². The average molecular weight is 264 g/mol. The lowest BCUT2D eigenvalue weighted by atomic mass is 9.95. The van der Waals surface area contributed by atoms with Gasteiger partial charge in [-0.2, -0.15) is 0 Å². The summed E-state index contributed by atoms with van der Waals surface area (Å²) in [7, 11) is 0. The van der Waals surface area contributed by atoms with Crippen molar-refractivity contribution in [2.45, 2.75) is 31.1 Å². The lowest BCUT2D eigenvalue weighted by Gasteiger charge is -2.21.